The number of hydrogen-bond donors (Lipinski definition) is 0. The summed E-state index contributed by atoms with van der Waals surface area (Å²) in [6.45, 7) is 0. The summed E-state index contributed by atoms with van der Waals surface area (Å²) in [5.74, 6) is 0.990. The van der Waals surface area contributed by atoms with Crippen LogP contribution >= 0.6 is 27.7 Å². The molecule has 0 nitrogen and oxygen atoms in total. The van der Waals surface area contributed by atoms with Crippen LogP contribution < -0.4 is 0 Å². The van der Waals surface area contributed by atoms with Crippen LogP contribution in [0.5, 0.6) is 0 Å². The second kappa shape index (κ2) is 5.54. The summed E-state index contributed by atoms with van der Waals surface area (Å²) >= 11 is 5.50. The molecule has 1 aromatic rings. The molecule has 0 unspecified atom stereocenters. The van der Waals surface area contributed by atoms with Gasteiger partial charge in [0, 0.05) is 16.0 Å². The second-order valence-corrected chi connectivity index (χ2v) is 6.19. The first-order chi connectivity index (χ1) is 7.74. The largest absolute Gasteiger partial charge is 0.207 e. The van der Waals surface area contributed by atoms with Crippen LogP contribution in [0.4, 0.5) is 4.39 Å². The van der Waals surface area contributed by atoms with E-state index in [9.17, 15) is 4.39 Å². The minimum Gasteiger partial charge on any atom is -0.207 e. The van der Waals surface area contributed by atoms with Gasteiger partial charge in [-0.25, -0.2) is 4.39 Å². The second-order valence-electron chi connectivity index (χ2n) is 4.58. The molecular weight excluding hydrogens is 287 g/mol. The van der Waals surface area contributed by atoms with Crippen molar-refractivity contribution in [3.05, 3.63) is 30.1 Å². The van der Waals surface area contributed by atoms with Gasteiger partial charge in [-0.3, -0.25) is 0 Å². The van der Waals surface area contributed by atoms with Gasteiger partial charge in [-0.15, -0.1) is 11.8 Å². The molecule has 0 heterocycles. The fourth-order valence-electron chi connectivity index (χ4n) is 2.21. The van der Waals surface area contributed by atoms with Crippen molar-refractivity contribution in [1.29, 1.82) is 0 Å². The maximum absolute atomic E-state index is 12.8. The van der Waals surface area contributed by atoms with E-state index in [2.05, 4.69) is 15.9 Å². The van der Waals surface area contributed by atoms with Gasteiger partial charge >= 0.3 is 0 Å². The topological polar surface area (TPSA) is 0 Å². The minimum atomic E-state index is -0.152. The van der Waals surface area contributed by atoms with E-state index in [1.165, 1.54) is 42.7 Å². The molecule has 0 aromatic heterocycles. The molecule has 1 aromatic carbocycles. The summed E-state index contributed by atoms with van der Waals surface area (Å²) in [6, 6.07) is 6.82. The van der Waals surface area contributed by atoms with Gasteiger partial charge in [0.2, 0.25) is 0 Å². The number of halogens is 2. The lowest BCUT2D eigenvalue weighted by Gasteiger charge is -2.25. The Kier molecular flexibility index (Phi) is 4.31. The van der Waals surface area contributed by atoms with E-state index < -0.39 is 0 Å². The highest BCUT2D eigenvalue weighted by molar-refractivity contribution is 9.09. The third-order valence-corrected chi connectivity index (χ3v) is 5.86. The summed E-state index contributed by atoms with van der Waals surface area (Å²) < 4.78 is 12.8. The summed E-state index contributed by atoms with van der Waals surface area (Å²) in [7, 11) is 0. The van der Waals surface area contributed by atoms with Crippen LogP contribution in [0.25, 0.3) is 0 Å². The van der Waals surface area contributed by atoms with Gasteiger partial charge in [0.15, 0.2) is 0 Å². The molecule has 0 atom stereocenters. The van der Waals surface area contributed by atoms with Crippen molar-refractivity contribution in [2.45, 2.75) is 30.6 Å². The summed E-state index contributed by atoms with van der Waals surface area (Å²) in [4.78, 5) is 1.17. The standard InChI is InChI=1S/C13H16BrFS/c14-9-13(7-1-2-8-13)10-16-12-5-3-11(15)4-6-12/h3-6H,1-2,7-10H2. The SMILES string of the molecule is Fc1ccc(SCC2(CBr)CCCC2)cc1. The Hall–Kier alpha value is -0.0200. The number of rotatable bonds is 4. The molecule has 0 bridgehead atoms. The smallest absolute Gasteiger partial charge is 0.123 e. The lowest BCUT2D eigenvalue weighted by atomic mass is 9.92. The van der Waals surface area contributed by atoms with Crippen LogP contribution in [0.15, 0.2) is 29.2 Å². The van der Waals surface area contributed by atoms with Crippen molar-refractivity contribution < 1.29 is 4.39 Å². The zero-order valence-corrected chi connectivity index (χ0v) is 11.6. The predicted octanol–water partition coefficient (Wildman–Crippen LogP) is 4.87. The fraction of sp³-hybridized carbons (Fsp3) is 0.538. The number of thioether (sulfide) groups is 1. The van der Waals surface area contributed by atoms with Gasteiger partial charge < -0.3 is 0 Å². The van der Waals surface area contributed by atoms with Crippen molar-refractivity contribution in [3.63, 3.8) is 0 Å². The highest BCUT2D eigenvalue weighted by Crippen LogP contribution is 2.43. The number of benzene rings is 1. The van der Waals surface area contributed by atoms with Crippen LogP contribution in [-0.4, -0.2) is 11.1 Å². The first kappa shape index (κ1) is 12.4. The molecule has 16 heavy (non-hydrogen) atoms. The number of alkyl halides is 1. The fourth-order valence-corrected chi connectivity index (χ4v) is 4.42. The van der Waals surface area contributed by atoms with Gasteiger partial charge in [0.05, 0.1) is 0 Å². The Balaban J connectivity index is 1.93. The zero-order chi connectivity index (χ0) is 11.4. The van der Waals surface area contributed by atoms with Crippen molar-refractivity contribution in [1.82, 2.24) is 0 Å². The van der Waals surface area contributed by atoms with Gasteiger partial charge in [0.1, 0.15) is 5.82 Å². The third-order valence-electron chi connectivity index (χ3n) is 3.31. The van der Waals surface area contributed by atoms with E-state index >= 15 is 0 Å². The summed E-state index contributed by atoms with van der Waals surface area (Å²) in [6.07, 6.45) is 5.37. The van der Waals surface area contributed by atoms with Gasteiger partial charge in [-0.2, -0.15) is 0 Å². The van der Waals surface area contributed by atoms with Gasteiger partial charge in [-0.05, 0) is 42.5 Å². The normalized spacial score (nSPS) is 18.9. The van der Waals surface area contributed by atoms with Crippen molar-refractivity contribution >= 4 is 27.7 Å². The average molecular weight is 303 g/mol. The lowest BCUT2D eigenvalue weighted by molar-refractivity contribution is 0.405. The molecule has 0 spiro atoms. The Labute approximate surface area is 109 Å². The highest BCUT2D eigenvalue weighted by atomic mass is 79.9. The molecule has 0 amide bonds. The Morgan fingerprint density at radius 2 is 1.81 bits per heavy atom. The quantitative estimate of drug-likeness (QED) is 0.564. The first-order valence-corrected chi connectivity index (χ1v) is 7.79. The highest BCUT2D eigenvalue weighted by Gasteiger charge is 2.32. The Morgan fingerprint density at radius 1 is 1.19 bits per heavy atom. The Morgan fingerprint density at radius 3 is 2.38 bits per heavy atom. The molecule has 3 heteroatoms. The maximum Gasteiger partial charge on any atom is 0.123 e. The van der Waals surface area contributed by atoms with Crippen molar-refractivity contribution in [2.24, 2.45) is 5.41 Å². The van der Waals surface area contributed by atoms with E-state index in [0.717, 1.165) is 11.1 Å². The Bertz CT molecular complexity index is 330. The van der Waals surface area contributed by atoms with E-state index in [1.54, 1.807) is 0 Å². The molecule has 0 radical (unpaired) electrons. The van der Waals surface area contributed by atoms with E-state index in [-0.39, 0.29) is 5.82 Å². The average Bonchev–Trinajstić information content (AvgIpc) is 2.78. The van der Waals surface area contributed by atoms with Crippen LogP contribution in [0.1, 0.15) is 25.7 Å². The van der Waals surface area contributed by atoms with E-state index in [0.29, 0.717) is 5.41 Å². The van der Waals surface area contributed by atoms with Crippen LogP contribution in [0.3, 0.4) is 0 Å². The van der Waals surface area contributed by atoms with Crippen molar-refractivity contribution in [3.8, 4) is 0 Å². The summed E-state index contributed by atoms with van der Waals surface area (Å²) in [5, 5.41) is 1.09. The van der Waals surface area contributed by atoms with Crippen LogP contribution in [0.2, 0.25) is 0 Å². The summed E-state index contributed by atoms with van der Waals surface area (Å²) in [5.41, 5.74) is 0.471. The molecular formula is C13H16BrFS. The maximum atomic E-state index is 12.8. The molecule has 1 fully saturated rings. The minimum absolute atomic E-state index is 0.152. The monoisotopic (exact) mass is 302 g/mol. The molecule has 88 valence electrons. The molecule has 0 N–H and O–H groups in total. The van der Waals surface area contributed by atoms with Crippen LogP contribution in [-0.2, 0) is 0 Å². The first-order valence-electron chi connectivity index (χ1n) is 5.68. The van der Waals surface area contributed by atoms with Gasteiger partial charge in [-0.1, -0.05) is 28.8 Å². The van der Waals surface area contributed by atoms with Crippen LogP contribution in [0, 0.1) is 11.2 Å². The molecule has 1 aliphatic rings. The van der Waals surface area contributed by atoms with E-state index in [1.807, 2.05) is 23.9 Å². The third kappa shape index (κ3) is 3.01. The van der Waals surface area contributed by atoms with E-state index in [4.69, 9.17) is 0 Å². The molecule has 0 aliphatic heterocycles. The molecule has 2 rings (SSSR count). The molecule has 1 saturated carbocycles. The zero-order valence-electron chi connectivity index (χ0n) is 9.22. The lowest BCUT2D eigenvalue weighted by Crippen LogP contribution is -2.21. The van der Waals surface area contributed by atoms with Crippen molar-refractivity contribution in [2.75, 3.05) is 11.1 Å². The van der Waals surface area contributed by atoms with Gasteiger partial charge in [0.25, 0.3) is 0 Å². The number of hydrogen-bond acceptors (Lipinski definition) is 1. The predicted molar refractivity (Wildman–Crippen MR) is 71.8 cm³/mol. The molecule has 0 saturated heterocycles. The molecule has 1 aliphatic carbocycles.